The molecule has 4 nitrogen and oxygen atoms in total. The van der Waals surface area contributed by atoms with Crippen LogP contribution in [0.2, 0.25) is 0 Å². The van der Waals surface area contributed by atoms with E-state index in [9.17, 15) is 14.0 Å². The second kappa shape index (κ2) is 6.27. The molecule has 1 atom stereocenters. The van der Waals surface area contributed by atoms with Gasteiger partial charge in [-0.25, -0.2) is 4.39 Å². The highest BCUT2D eigenvalue weighted by Crippen LogP contribution is 2.23. The number of thiophene rings is 1. The van der Waals surface area contributed by atoms with Gasteiger partial charge in [0.25, 0.3) is 5.91 Å². The van der Waals surface area contributed by atoms with Gasteiger partial charge in [-0.2, -0.15) is 0 Å². The Morgan fingerprint density at radius 2 is 2.00 bits per heavy atom. The molecule has 0 unspecified atom stereocenters. The molecule has 1 aliphatic heterocycles. The lowest BCUT2D eigenvalue weighted by atomic mass is 10.2. The van der Waals surface area contributed by atoms with E-state index in [1.807, 2.05) is 11.4 Å². The van der Waals surface area contributed by atoms with Crippen LogP contribution in [0.4, 0.5) is 10.1 Å². The molecule has 0 spiro atoms. The molecule has 1 aromatic carbocycles. The summed E-state index contributed by atoms with van der Waals surface area (Å²) in [4.78, 5) is 27.1. The van der Waals surface area contributed by atoms with Gasteiger partial charge in [-0.15, -0.1) is 11.3 Å². The van der Waals surface area contributed by atoms with Crippen molar-refractivity contribution in [2.24, 2.45) is 0 Å². The summed E-state index contributed by atoms with van der Waals surface area (Å²) in [7, 11) is 0. The van der Waals surface area contributed by atoms with Crippen molar-refractivity contribution in [3.8, 4) is 0 Å². The summed E-state index contributed by atoms with van der Waals surface area (Å²) in [5.41, 5.74) is 0.529. The molecule has 22 heavy (non-hydrogen) atoms. The SMILES string of the molecule is O=C(Nc1ccc(F)cc1)[C@H]1CCCN1C(=O)c1cccs1. The van der Waals surface area contributed by atoms with Crippen molar-refractivity contribution in [1.82, 2.24) is 4.90 Å². The van der Waals surface area contributed by atoms with Crippen LogP contribution in [-0.4, -0.2) is 29.3 Å². The molecule has 1 aliphatic rings. The van der Waals surface area contributed by atoms with Gasteiger partial charge in [0.15, 0.2) is 0 Å². The average Bonchev–Trinajstić information content (AvgIpc) is 3.20. The van der Waals surface area contributed by atoms with Gasteiger partial charge in [0.05, 0.1) is 4.88 Å². The molecule has 1 fully saturated rings. The second-order valence-corrected chi connectivity index (χ2v) is 6.08. The van der Waals surface area contributed by atoms with Crippen molar-refractivity contribution < 1.29 is 14.0 Å². The quantitative estimate of drug-likeness (QED) is 0.945. The van der Waals surface area contributed by atoms with Gasteiger partial charge in [0.1, 0.15) is 11.9 Å². The number of carbonyl (C=O) groups is 2. The van der Waals surface area contributed by atoms with Crippen LogP contribution >= 0.6 is 11.3 Å². The van der Waals surface area contributed by atoms with Crippen LogP contribution < -0.4 is 5.32 Å². The molecule has 0 saturated carbocycles. The van der Waals surface area contributed by atoms with Gasteiger partial charge in [-0.1, -0.05) is 6.07 Å². The molecule has 0 aliphatic carbocycles. The maximum absolute atomic E-state index is 12.9. The fourth-order valence-electron chi connectivity index (χ4n) is 2.58. The van der Waals surface area contributed by atoms with Crippen molar-refractivity contribution in [3.63, 3.8) is 0 Å². The van der Waals surface area contributed by atoms with Gasteiger partial charge in [0, 0.05) is 12.2 Å². The highest BCUT2D eigenvalue weighted by molar-refractivity contribution is 7.12. The summed E-state index contributed by atoms with van der Waals surface area (Å²) in [5, 5.41) is 4.59. The Morgan fingerprint density at radius 1 is 1.23 bits per heavy atom. The molecule has 2 amide bonds. The Hall–Kier alpha value is -2.21. The third kappa shape index (κ3) is 3.01. The number of likely N-dealkylation sites (tertiary alicyclic amines) is 1. The van der Waals surface area contributed by atoms with Gasteiger partial charge in [0.2, 0.25) is 5.91 Å². The van der Waals surface area contributed by atoms with Crippen molar-refractivity contribution in [3.05, 3.63) is 52.5 Å². The van der Waals surface area contributed by atoms with Crippen LogP contribution in [0.1, 0.15) is 22.5 Å². The fourth-order valence-corrected chi connectivity index (χ4v) is 3.26. The Labute approximate surface area is 131 Å². The zero-order valence-electron chi connectivity index (χ0n) is 11.8. The molecule has 114 valence electrons. The summed E-state index contributed by atoms with van der Waals surface area (Å²) in [6.07, 6.45) is 1.45. The van der Waals surface area contributed by atoms with E-state index in [-0.39, 0.29) is 17.6 Å². The molecular formula is C16H15FN2O2S. The fraction of sp³-hybridized carbons (Fsp3) is 0.250. The summed E-state index contributed by atoms with van der Waals surface area (Å²) in [6, 6.07) is 8.71. The number of hydrogen-bond donors (Lipinski definition) is 1. The summed E-state index contributed by atoms with van der Waals surface area (Å²) in [6.45, 7) is 0.582. The smallest absolute Gasteiger partial charge is 0.264 e. The molecule has 1 N–H and O–H groups in total. The first-order valence-electron chi connectivity index (χ1n) is 7.06. The highest BCUT2D eigenvalue weighted by Gasteiger charge is 2.34. The van der Waals surface area contributed by atoms with E-state index in [2.05, 4.69) is 5.32 Å². The predicted octanol–water partition coefficient (Wildman–Crippen LogP) is 3.13. The van der Waals surface area contributed by atoms with Gasteiger partial charge in [-0.05, 0) is 48.6 Å². The highest BCUT2D eigenvalue weighted by atomic mass is 32.1. The second-order valence-electron chi connectivity index (χ2n) is 5.13. The zero-order chi connectivity index (χ0) is 15.5. The normalized spacial score (nSPS) is 17.5. The Balaban J connectivity index is 1.71. The van der Waals surface area contributed by atoms with Gasteiger partial charge >= 0.3 is 0 Å². The molecule has 2 heterocycles. The lowest BCUT2D eigenvalue weighted by molar-refractivity contribution is -0.119. The molecule has 2 aromatic rings. The minimum Gasteiger partial charge on any atom is -0.326 e. The number of rotatable bonds is 3. The molecule has 3 rings (SSSR count). The third-order valence-corrected chi connectivity index (χ3v) is 4.52. The van der Waals surface area contributed by atoms with Crippen LogP contribution in [0, 0.1) is 5.82 Å². The average molecular weight is 318 g/mol. The van der Waals surface area contributed by atoms with E-state index < -0.39 is 6.04 Å². The Kier molecular flexibility index (Phi) is 4.20. The number of nitrogens with one attached hydrogen (secondary N) is 1. The number of anilines is 1. The minimum atomic E-state index is -0.473. The van der Waals surface area contributed by atoms with Gasteiger partial charge in [-0.3, -0.25) is 9.59 Å². The topological polar surface area (TPSA) is 49.4 Å². The number of nitrogens with zero attached hydrogens (tertiary/aromatic N) is 1. The first-order valence-corrected chi connectivity index (χ1v) is 7.94. The first-order chi connectivity index (χ1) is 10.6. The predicted molar refractivity (Wildman–Crippen MR) is 83.4 cm³/mol. The minimum absolute atomic E-state index is 0.105. The van der Waals surface area contributed by atoms with E-state index in [4.69, 9.17) is 0 Å². The van der Waals surface area contributed by atoms with E-state index in [0.717, 1.165) is 6.42 Å². The summed E-state index contributed by atoms with van der Waals surface area (Å²) < 4.78 is 12.9. The molecule has 0 radical (unpaired) electrons. The van der Waals surface area contributed by atoms with Crippen LogP contribution in [0.3, 0.4) is 0 Å². The van der Waals surface area contributed by atoms with Crippen molar-refractivity contribution >= 4 is 28.8 Å². The molecule has 1 aromatic heterocycles. The van der Waals surface area contributed by atoms with E-state index in [0.29, 0.717) is 23.5 Å². The van der Waals surface area contributed by atoms with Crippen LogP contribution in [0.25, 0.3) is 0 Å². The molecule has 1 saturated heterocycles. The molecule has 0 bridgehead atoms. The maximum Gasteiger partial charge on any atom is 0.264 e. The summed E-state index contributed by atoms with van der Waals surface area (Å²) >= 11 is 1.37. The Morgan fingerprint density at radius 3 is 2.68 bits per heavy atom. The van der Waals surface area contributed by atoms with E-state index in [1.165, 1.54) is 35.6 Å². The first kappa shape index (κ1) is 14.7. The lowest BCUT2D eigenvalue weighted by Gasteiger charge is -2.23. The van der Waals surface area contributed by atoms with E-state index >= 15 is 0 Å². The third-order valence-electron chi connectivity index (χ3n) is 3.66. The lowest BCUT2D eigenvalue weighted by Crippen LogP contribution is -2.42. The number of amides is 2. The number of carbonyl (C=O) groups excluding carboxylic acids is 2. The number of halogens is 1. The largest absolute Gasteiger partial charge is 0.326 e. The number of benzene rings is 1. The van der Waals surface area contributed by atoms with Crippen molar-refractivity contribution in [2.45, 2.75) is 18.9 Å². The van der Waals surface area contributed by atoms with Crippen LogP contribution in [0.15, 0.2) is 41.8 Å². The Bertz CT molecular complexity index is 670. The van der Waals surface area contributed by atoms with Crippen LogP contribution in [-0.2, 0) is 4.79 Å². The monoisotopic (exact) mass is 318 g/mol. The standard InChI is InChI=1S/C16H15FN2O2S/c17-11-5-7-12(8-6-11)18-15(20)13-3-1-9-19(13)16(21)14-4-2-10-22-14/h2,4-8,10,13H,1,3,9H2,(H,18,20)/t13-/m1/s1. The zero-order valence-corrected chi connectivity index (χ0v) is 12.6. The van der Waals surface area contributed by atoms with E-state index in [1.54, 1.807) is 11.0 Å². The molecule has 6 heteroatoms. The van der Waals surface area contributed by atoms with Gasteiger partial charge < -0.3 is 10.2 Å². The van der Waals surface area contributed by atoms with Crippen molar-refractivity contribution in [1.29, 1.82) is 0 Å². The number of hydrogen-bond acceptors (Lipinski definition) is 3. The van der Waals surface area contributed by atoms with Crippen molar-refractivity contribution in [2.75, 3.05) is 11.9 Å². The maximum atomic E-state index is 12.9. The van der Waals surface area contributed by atoms with Crippen LogP contribution in [0.5, 0.6) is 0 Å². The summed E-state index contributed by atoms with van der Waals surface area (Å²) in [5.74, 6) is -0.686. The molecular weight excluding hydrogens is 303 g/mol.